The second-order valence-corrected chi connectivity index (χ2v) is 8.84. The molecule has 188 valence electrons. The summed E-state index contributed by atoms with van der Waals surface area (Å²) in [5.74, 6) is -0.223. The lowest BCUT2D eigenvalue weighted by molar-refractivity contribution is -0.140. The number of hydrogen-bond donors (Lipinski definition) is 2. The molecular weight excluding hydrogens is 471 g/mol. The second kappa shape index (κ2) is 9.98. The van der Waals surface area contributed by atoms with Crippen molar-refractivity contribution >= 4 is 16.7 Å². The molecule has 10 heteroatoms. The van der Waals surface area contributed by atoms with E-state index in [-0.39, 0.29) is 23.6 Å². The van der Waals surface area contributed by atoms with Crippen molar-refractivity contribution in [2.45, 2.75) is 19.1 Å². The van der Waals surface area contributed by atoms with Gasteiger partial charge in [-0.3, -0.25) is 14.7 Å². The predicted octanol–water partition coefficient (Wildman–Crippen LogP) is 3.92. The van der Waals surface area contributed by atoms with Crippen molar-refractivity contribution in [1.82, 2.24) is 25.0 Å². The average Bonchev–Trinajstić information content (AvgIpc) is 3.35. The summed E-state index contributed by atoms with van der Waals surface area (Å²) in [6, 6.07) is 11.7. The maximum Gasteiger partial charge on any atom is 0.433 e. The lowest BCUT2D eigenvalue weighted by Crippen LogP contribution is -2.23. The van der Waals surface area contributed by atoms with Crippen LogP contribution in [0.5, 0.6) is 0 Å². The van der Waals surface area contributed by atoms with Gasteiger partial charge >= 0.3 is 6.18 Å². The predicted molar refractivity (Wildman–Crippen MR) is 132 cm³/mol. The number of pyridine rings is 1. The standard InChI is InChI=1S/C26H26F3N5O2/c1-30-24(35)18-6-4-5-16(11-18)14-34-15-19(9-10-33(2)3)21-12-17(7-8-20(21)25(34)36)22-13-31-32-23(22)26(27,28)29/h4-8,11-13,15H,9-10,14H2,1-3H3,(H,30,35)(H,31,32). The first-order valence-electron chi connectivity index (χ1n) is 11.3. The molecule has 0 fully saturated rings. The summed E-state index contributed by atoms with van der Waals surface area (Å²) in [6.07, 6.45) is -1.10. The number of aromatic nitrogens is 3. The number of H-pyrrole nitrogens is 1. The van der Waals surface area contributed by atoms with Crippen LogP contribution >= 0.6 is 0 Å². The van der Waals surface area contributed by atoms with Crippen LogP contribution in [0.3, 0.4) is 0 Å². The van der Waals surface area contributed by atoms with E-state index in [4.69, 9.17) is 0 Å². The summed E-state index contributed by atoms with van der Waals surface area (Å²) in [5.41, 5.74) is 1.16. The van der Waals surface area contributed by atoms with Crippen molar-refractivity contribution in [2.24, 2.45) is 0 Å². The van der Waals surface area contributed by atoms with E-state index in [2.05, 4.69) is 10.4 Å². The number of likely N-dealkylation sites (N-methyl/N-ethyl adjacent to an activating group) is 1. The van der Waals surface area contributed by atoms with Gasteiger partial charge in [-0.25, -0.2) is 0 Å². The van der Waals surface area contributed by atoms with Crippen LogP contribution in [0, 0.1) is 0 Å². The minimum absolute atomic E-state index is 0.0712. The number of nitrogens with zero attached hydrogens (tertiary/aromatic N) is 3. The Morgan fingerprint density at radius 1 is 1.14 bits per heavy atom. The first kappa shape index (κ1) is 25.2. The summed E-state index contributed by atoms with van der Waals surface area (Å²) < 4.78 is 41.9. The molecule has 0 atom stereocenters. The number of alkyl halides is 3. The lowest BCUT2D eigenvalue weighted by Gasteiger charge is -2.16. The van der Waals surface area contributed by atoms with Crippen LogP contribution in [-0.2, 0) is 19.1 Å². The molecule has 0 bridgehead atoms. The number of amides is 1. The van der Waals surface area contributed by atoms with E-state index in [0.717, 1.165) is 17.3 Å². The number of nitrogens with one attached hydrogen (secondary N) is 2. The number of halogens is 3. The van der Waals surface area contributed by atoms with Gasteiger partial charge in [0.25, 0.3) is 11.5 Å². The van der Waals surface area contributed by atoms with Crippen molar-refractivity contribution < 1.29 is 18.0 Å². The van der Waals surface area contributed by atoms with Gasteiger partial charge in [-0.1, -0.05) is 18.2 Å². The van der Waals surface area contributed by atoms with E-state index >= 15 is 0 Å². The Kier molecular flexibility index (Phi) is 6.98. The fourth-order valence-electron chi connectivity index (χ4n) is 4.17. The van der Waals surface area contributed by atoms with Crippen molar-refractivity contribution in [3.63, 3.8) is 0 Å². The molecule has 0 spiro atoms. The van der Waals surface area contributed by atoms with Gasteiger partial charge in [0, 0.05) is 36.3 Å². The number of fused-ring (bicyclic) bond motifs is 1. The number of hydrogen-bond acceptors (Lipinski definition) is 4. The van der Waals surface area contributed by atoms with Crippen LogP contribution in [-0.4, -0.2) is 53.3 Å². The SMILES string of the molecule is CNC(=O)c1cccc(Cn2cc(CCN(C)C)c3cc(-c4cn[nH]c4C(F)(F)F)ccc3c2=O)c1. The molecule has 0 aliphatic heterocycles. The Hall–Kier alpha value is -3.92. The smallest absolute Gasteiger partial charge is 0.355 e. The summed E-state index contributed by atoms with van der Waals surface area (Å²) in [4.78, 5) is 27.4. The Bertz CT molecular complexity index is 1470. The zero-order valence-corrected chi connectivity index (χ0v) is 20.1. The molecule has 4 rings (SSSR count). The molecule has 0 radical (unpaired) electrons. The third-order valence-corrected chi connectivity index (χ3v) is 6.00. The zero-order valence-electron chi connectivity index (χ0n) is 20.1. The maximum atomic E-state index is 13.4. The molecule has 2 N–H and O–H groups in total. The van der Waals surface area contributed by atoms with Gasteiger partial charge in [0.05, 0.1) is 12.7 Å². The second-order valence-electron chi connectivity index (χ2n) is 8.84. The summed E-state index contributed by atoms with van der Waals surface area (Å²) in [5, 5.41) is 9.22. The largest absolute Gasteiger partial charge is 0.433 e. The Morgan fingerprint density at radius 3 is 2.61 bits per heavy atom. The number of aromatic amines is 1. The number of carbonyl (C=O) groups is 1. The fraction of sp³-hybridized carbons (Fsp3) is 0.269. The molecule has 7 nitrogen and oxygen atoms in total. The highest BCUT2D eigenvalue weighted by Gasteiger charge is 2.36. The molecule has 1 amide bonds. The van der Waals surface area contributed by atoms with Gasteiger partial charge in [0.15, 0.2) is 0 Å². The Balaban J connectivity index is 1.82. The molecule has 0 saturated heterocycles. The molecule has 36 heavy (non-hydrogen) atoms. The van der Waals surface area contributed by atoms with Gasteiger partial charge < -0.3 is 14.8 Å². The quantitative estimate of drug-likeness (QED) is 0.406. The van der Waals surface area contributed by atoms with E-state index in [9.17, 15) is 22.8 Å². The molecule has 4 aromatic rings. The molecule has 2 heterocycles. The van der Waals surface area contributed by atoms with E-state index in [1.165, 1.54) is 6.07 Å². The van der Waals surface area contributed by atoms with Crippen LogP contribution in [0.25, 0.3) is 21.9 Å². The van der Waals surface area contributed by atoms with Crippen LogP contribution in [0.4, 0.5) is 13.2 Å². The van der Waals surface area contributed by atoms with Crippen LogP contribution < -0.4 is 10.9 Å². The molecule has 2 aromatic heterocycles. The van der Waals surface area contributed by atoms with E-state index in [1.807, 2.05) is 30.2 Å². The average molecular weight is 498 g/mol. The first-order chi connectivity index (χ1) is 17.1. The van der Waals surface area contributed by atoms with Gasteiger partial charge in [-0.15, -0.1) is 0 Å². The third kappa shape index (κ3) is 5.18. The minimum atomic E-state index is -4.58. The van der Waals surface area contributed by atoms with Crippen LogP contribution in [0.15, 0.2) is 59.7 Å². The minimum Gasteiger partial charge on any atom is -0.355 e. The first-order valence-corrected chi connectivity index (χ1v) is 11.3. The summed E-state index contributed by atoms with van der Waals surface area (Å²) >= 11 is 0. The molecule has 0 saturated carbocycles. The van der Waals surface area contributed by atoms with Crippen molar-refractivity contribution in [3.8, 4) is 11.1 Å². The normalized spacial score (nSPS) is 11.9. The van der Waals surface area contributed by atoms with Gasteiger partial charge in [0.2, 0.25) is 0 Å². The third-order valence-electron chi connectivity index (χ3n) is 6.00. The van der Waals surface area contributed by atoms with Crippen molar-refractivity contribution in [2.75, 3.05) is 27.7 Å². The number of rotatable bonds is 7. The molecule has 0 aliphatic rings. The highest BCUT2D eigenvalue weighted by atomic mass is 19.4. The highest BCUT2D eigenvalue weighted by molar-refractivity contribution is 5.94. The molecule has 2 aromatic carbocycles. The summed E-state index contributed by atoms with van der Waals surface area (Å²) in [7, 11) is 5.40. The fourth-order valence-corrected chi connectivity index (χ4v) is 4.17. The number of carbonyl (C=O) groups excluding carboxylic acids is 1. The van der Waals surface area contributed by atoms with E-state index in [0.29, 0.717) is 34.9 Å². The van der Waals surface area contributed by atoms with Gasteiger partial charge in [0.1, 0.15) is 5.69 Å². The summed E-state index contributed by atoms with van der Waals surface area (Å²) in [6.45, 7) is 0.930. The monoisotopic (exact) mass is 497 g/mol. The highest BCUT2D eigenvalue weighted by Crippen LogP contribution is 2.36. The van der Waals surface area contributed by atoms with E-state index in [1.54, 1.807) is 48.1 Å². The van der Waals surface area contributed by atoms with Crippen molar-refractivity contribution in [3.05, 3.63) is 87.6 Å². The van der Waals surface area contributed by atoms with Crippen LogP contribution in [0.2, 0.25) is 0 Å². The zero-order chi connectivity index (χ0) is 26.0. The topological polar surface area (TPSA) is 83.0 Å². The van der Waals surface area contributed by atoms with Crippen molar-refractivity contribution in [1.29, 1.82) is 0 Å². The maximum absolute atomic E-state index is 13.4. The van der Waals surface area contributed by atoms with Gasteiger partial charge in [-0.2, -0.15) is 18.3 Å². The lowest BCUT2D eigenvalue weighted by atomic mass is 9.98. The number of benzene rings is 2. The Morgan fingerprint density at radius 2 is 1.92 bits per heavy atom. The molecular formula is C26H26F3N5O2. The van der Waals surface area contributed by atoms with Crippen LogP contribution in [0.1, 0.15) is 27.2 Å². The van der Waals surface area contributed by atoms with Gasteiger partial charge in [-0.05, 0) is 66.9 Å². The molecule has 0 aliphatic carbocycles. The van der Waals surface area contributed by atoms with E-state index < -0.39 is 11.9 Å². The molecule has 0 unspecified atom stereocenters. The Labute approximate surface area is 205 Å².